The van der Waals surface area contributed by atoms with Gasteiger partial charge >= 0.3 is 0 Å². The Morgan fingerprint density at radius 1 is 1.50 bits per heavy atom. The van der Waals surface area contributed by atoms with E-state index in [2.05, 4.69) is 5.01 Å². The van der Waals surface area contributed by atoms with E-state index in [1.165, 1.54) is 12.1 Å². The van der Waals surface area contributed by atoms with Gasteiger partial charge in [-0.25, -0.2) is 9.40 Å². The van der Waals surface area contributed by atoms with Crippen molar-refractivity contribution in [3.05, 3.63) is 35.6 Å². The average molecular weight is 297 g/mol. The number of fused-ring (bicyclic) bond motifs is 1. The SMILES string of the molecule is CC[C@]1(CCl)CN2CC[C@@H](c3cccc(F)c3)N2C1=O. The topological polar surface area (TPSA) is 23.6 Å². The van der Waals surface area contributed by atoms with Crippen molar-refractivity contribution in [1.29, 1.82) is 0 Å². The molecule has 20 heavy (non-hydrogen) atoms. The quantitative estimate of drug-likeness (QED) is 0.801. The van der Waals surface area contributed by atoms with Crippen LogP contribution in [0, 0.1) is 11.2 Å². The predicted octanol–water partition coefficient (Wildman–Crippen LogP) is 2.96. The molecule has 1 aromatic carbocycles. The van der Waals surface area contributed by atoms with Gasteiger partial charge in [-0.3, -0.25) is 9.80 Å². The second-order valence-electron chi connectivity index (χ2n) is 5.66. The molecule has 5 heteroatoms. The molecule has 0 unspecified atom stereocenters. The van der Waals surface area contributed by atoms with E-state index in [-0.39, 0.29) is 17.8 Å². The van der Waals surface area contributed by atoms with Gasteiger partial charge in [0.05, 0.1) is 11.5 Å². The number of benzene rings is 1. The summed E-state index contributed by atoms with van der Waals surface area (Å²) in [4.78, 5) is 12.7. The second-order valence-corrected chi connectivity index (χ2v) is 5.93. The first-order valence-electron chi connectivity index (χ1n) is 7.01. The molecule has 2 aliphatic heterocycles. The molecule has 2 heterocycles. The average Bonchev–Trinajstić information content (AvgIpc) is 2.98. The Labute approximate surface area is 123 Å². The molecule has 2 aliphatic rings. The van der Waals surface area contributed by atoms with Crippen LogP contribution in [0.25, 0.3) is 0 Å². The standard InChI is InChI=1S/C15H18ClFN2O/c1-2-15(9-16)10-18-7-6-13(19(18)14(15)20)11-4-3-5-12(17)8-11/h3-5,8,13H,2,6-7,9-10H2,1H3/t13-,15-/m0/s1. The van der Waals surface area contributed by atoms with Crippen molar-refractivity contribution in [3.8, 4) is 0 Å². The van der Waals surface area contributed by atoms with E-state index < -0.39 is 5.41 Å². The first-order valence-corrected chi connectivity index (χ1v) is 7.55. The fourth-order valence-corrected chi connectivity index (χ4v) is 3.65. The zero-order valence-corrected chi connectivity index (χ0v) is 12.2. The summed E-state index contributed by atoms with van der Waals surface area (Å²) < 4.78 is 13.4. The third-order valence-electron chi connectivity index (χ3n) is 4.57. The van der Waals surface area contributed by atoms with Gasteiger partial charge in [0, 0.05) is 19.0 Å². The number of hydrogen-bond donors (Lipinski definition) is 0. The van der Waals surface area contributed by atoms with Crippen molar-refractivity contribution in [1.82, 2.24) is 10.0 Å². The zero-order valence-electron chi connectivity index (χ0n) is 11.5. The summed E-state index contributed by atoms with van der Waals surface area (Å²) in [7, 11) is 0. The summed E-state index contributed by atoms with van der Waals surface area (Å²) in [6.45, 7) is 3.50. The van der Waals surface area contributed by atoms with Gasteiger partial charge in [-0.05, 0) is 30.5 Å². The second kappa shape index (κ2) is 5.01. The van der Waals surface area contributed by atoms with Crippen molar-refractivity contribution in [3.63, 3.8) is 0 Å². The highest BCUT2D eigenvalue weighted by Crippen LogP contribution is 2.44. The Morgan fingerprint density at radius 2 is 2.30 bits per heavy atom. The van der Waals surface area contributed by atoms with Gasteiger partial charge in [0.1, 0.15) is 5.82 Å². The number of carbonyl (C=O) groups is 1. The van der Waals surface area contributed by atoms with E-state index in [9.17, 15) is 9.18 Å². The summed E-state index contributed by atoms with van der Waals surface area (Å²) in [6, 6.07) is 6.47. The molecule has 108 valence electrons. The molecule has 3 rings (SSSR count). The van der Waals surface area contributed by atoms with E-state index in [1.807, 2.05) is 13.0 Å². The number of hydrazine groups is 1. The van der Waals surface area contributed by atoms with Gasteiger partial charge in [-0.1, -0.05) is 19.1 Å². The lowest BCUT2D eigenvalue weighted by Gasteiger charge is -2.27. The third-order valence-corrected chi connectivity index (χ3v) is 5.09. The monoisotopic (exact) mass is 296 g/mol. The van der Waals surface area contributed by atoms with Crippen LogP contribution in [-0.2, 0) is 4.79 Å². The summed E-state index contributed by atoms with van der Waals surface area (Å²) in [5.41, 5.74) is 0.385. The minimum absolute atomic E-state index is 0.0603. The zero-order chi connectivity index (χ0) is 14.3. The fourth-order valence-electron chi connectivity index (χ4n) is 3.26. The Hall–Kier alpha value is -1.13. The van der Waals surface area contributed by atoms with Gasteiger partial charge in [0.15, 0.2) is 0 Å². The number of nitrogens with zero attached hydrogens (tertiary/aromatic N) is 2. The van der Waals surface area contributed by atoms with Crippen LogP contribution in [0.1, 0.15) is 31.4 Å². The smallest absolute Gasteiger partial charge is 0.246 e. The molecule has 0 radical (unpaired) electrons. The van der Waals surface area contributed by atoms with Gasteiger partial charge < -0.3 is 0 Å². The van der Waals surface area contributed by atoms with Crippen LogP contribution in [0.5, 0.6) is 0 Å². The molecule has 0 bridgehead atoms. The normalized spacial score (nSPS) is 30.1. The minimum Gasteiger partial charge on any atom is -0.273 e. The Morgan fingerprint density at radius 3 is 2.95 bits per heavy atom. The largest absolute Gasteiger partial charge is 0.273 e. The molecule has 1 aromatic rings. The van der Waals surface area contributed by atoms with Crippen LogP contribution < -0.4 is 0 Å². The lowest BCUT2D eigenvalue weighted by atomic mass is 9.86. The van der Waals surface area contributed by atoms with Gasteiger partial charge in [0.25, 0.3) is 0 Å². The maximum atomic E-state index is 13.4. The number of carbonyl (C=O) groups excluding carboxylic acids is 1. The van der Waals surface area contributed by atoms with Crippen LogP contribution in [0.2, 0.25) is 0 Å². The molecule has 1 amide bonds. The Kier molecular flexibility index (Phi) is 3.46. The molecule has 2 atom stereocenters. The van der Waals surface area contributed by atoms with Crippen LogP contribution in [0.3, 0.4) is 0 Å². The van der Waals surface area contributed by atoms with Crippen molar-refractivity contribution >= 4 is 17.5 Å². The minimum atomic E-state index is -0.479. The van der Waals surface area contributed by atoms with Crippen molar-refractivity contribution in [2.24, 2.45) is 5.41 Å². The summed E-state index contributed by atoms with van der Waals surface area (Å²) in [5, 5.41) is 3.88. The van der Waals surface area contributed by atoms with Crippen LogP contribution in [0.15, 0.2) is 24.3 Å². The molecular formula is C15H18ClFN2O. The van der Waals surface area contributed by atoms with E-state index in [0.29, 0.717) is 12.4 Å². The van der Waals surface area contributed by atoms with Crippen LogP contribution >= 0.6 is 11.6 Å². The lowest BCUT2D eigenvalue weighted by Crippen LogP contribution is -2.38. The number of amides is 1. The molecule has 0 N–H and O–H groups in total. The molecule has 2 fully saturated rings. The number of alkyl halides is 1. The highest BCUT2D eigenvalue weighted by Gasteiger charge is 2.53. The van der Waals surface area contributed by atoms with Gasteiger partial charge in [0.2, 0.25) is 5.91 Å². The van der Waals surface area contributed by atoms with Gasteiger partial charge in [-0.15, -0.1) is 11.6 Å². The third kappa shape index (κ3) is 1.93. The van der Waals surface area contributed by atoms with Crippen LogP contribution in [-0.4, -0.2) is 34.9 Å². The molecular weight excluding hydrogens is 279 g/mol. The highest BCUT2D eigenvalue weighted by atomic mass is 35.5. The van der Waals surface area contributed by atoms with Gasteiger partial charge in [-0.2, -0.15) is 0 Å². The van der Waals surface area contributed by atoms with Crippen molar-refractivity contribution in [2.45, 2.75) is 25.8 Å². The predicted molar refractivity (Wildman–Crippen MR) is 75.6 cm³/mol. The first kappa shape index (κ1) is 13.8. The molecule has 0 aromatic heterocycles. The van der Waals surface area contributed by atoms with E-state index >= 15 is 0 Å². The lowest BCUT2D eigenvalue weighted by molar-refractivity contribution is -0.142. The first-order chi connectivity index (χ1) is 9.61. The molecule has 0 saturated carbocycles. The molecule has 3 nitrogen and oxygen atoms in total. The number of halogens is 2. The van der Waals surface area contributed by atoms with E-state index in [1.54, 1.807) is 11.1 Å². The molecule has 0 aliphatic carbocycles. The number of hydrogen-bond acceptors (Lipinski definition) is 2. The summed E-state index contributed by atoms with van der Waals surface area (Å²) in [5.74, 6) is 0.166. The maximum absolute atomic E-state index is 13.4. The molecule has 0 spiro atoms. The van der Waals surface area contributed by atoms with Crippen molar-refractivity contribution in [2.75, 3.05) is 19.0 Å². The molecule has 2 saturated heterocycles. The Balaban J connectivity index is 1.92. The van der Waals surface area contributed by atoms with Crippen molar-refractivity contribution < 1.29 is 9.18 Å². The van der Waals surface area contributed by atoms with E-state index in [4.69, 9.17) is 11.6 Å². The Bertz CT molecular complexity index is 532. The van der Waals surface area contributed by atoms with Crippen LogP contribution in [0.4, 0.5) is 4.39 Å². The number of rotatable bonds is 3. The van der Waals surface area contributed by atoms with E-state index in [0.717, 1.165) is 24.9 Å². The highest BCUT2D eigenvalue weighted by molar-refractivity contribution is 6.20. The fraction of sp³-hybridized carbons (Fsp3) is 0.533. The maximum Gasteiger partial charge on any atom is 0.246 e. The summed E-state index contributed by atoms with van der Waals surface area (Å²) in [6.07, 6.45) is 1.58. The summed E-state index contributed by atoms with van der Waals surface area (Å²) >= 11 is 6.06.